The van der Waals surface area contributed by atoms with Crippen LogP contribution in [0.3, 0.4) is 0 Å². The van der Waals surface area contributed by atoms with Crippen molar-refractivity contribution in [3.63, 3.8) is 0 Å². The molecule has 0 bridgehead atoms. The number of rotatable bonds is 4. The molecule has 4 rings (SSSR count). The summed E-state index contributed by atoms with van der Waals surface area (Å²) in [5, 5.41) is 0. The standard InChI is InChI=1S/C21H19BF5NO2Si/c1-31(2,3)21(15-16(23)18(25)20(27)19(26)17(15)24)22(28-11-7-4-8-12-28)29-13-9-5-6-10-14(13)30-22/h4-12,21H,1-3H3/t21-/m0/s1. The molecule has 0 aliphatic carbocycles. The second kappa shape index (κ2) is 7.37. The normalized spacial score (nSPS) is 15.7. The van der Waals surface area contributed by atoms with Crippen LogP contribution in [-0.2, 0) is 0 Å². The van der Waals surface area contributed by atoms with Crippen molar-refractivity contribution in [1.29, 1.82) is 0 Å². The summed E-state index contributed by atoms with van der Waals surface area (Å²) in [4.78, 5) is 0. The highest BCUT2D eigenvalue weighted by Gasteiger charge is 2.63. The van der Waals surface area contributed by atoms with Gasteiger partial charge in [0.15, 0.2) is 23.3 Å². The molecule has 0 fully saturated rings. The zero-order valence-corrected chi connectivity index (χ0v) is 18.0. The number of pyridine rings is 1. The molecule has 3 aromatic rings. The Hall–Kier alpha value is -2.88. The first-order chi connectivity index (χ1) is 14.6. The van der Waals surface area contributed by atoms with Crippen LogP contribution in [-0.4, -0.2) is 14.8 Å². The number of hydrogen-bond donors (Lipinski definition) is 0. The number of benzene rings is 2. The quantitative estimate of drug-likeness (QED) is 0.238. The Labute approximate surface area is 177 Å². The minimum Gasteiger partial charge on any atom is -0.620 e. The average Bonchev–Trinajstić information content (AvgIpc) is 3.13. The van der Waals surface area contributed by atoms with Gasteiger partial charge in [-0.25, -0.2) is 22.0 Å². The Balaban J connectivity index is 2.06. The molecule has 0 spiro atoms. The van der Waals surface area contributed by atoms with Crippen LogP contribution in [0.2, 0.25) is 19.6 Å². The van der Waals surface area contributed by atoms with Crippen molar-refractivity contribution in [2.45, 2.75) is 25.1 Å². The van der Waals surface area contributed by atoms with Gasteiger partial charge in [0.1, 0.15) is 23.9 Å². The van der Waals surface area contributed by atoms with Gasteiger partial charge in [-0.05, 0) is 24.3 Å². The van der Waals surface area contributed by atoms with E-state index in [-0.39, 0.29) is 0 Å². The summed E-state index contributed by atoms with van der Waals surface area (Å²) in [5.41, 5.74) is -2.17. The van der Waals surface area contributed by atoms with Gasteiger partial charge in [-0.15, -0.1) is 0 Å². The third-order valence-corrected chi connectivity index (χ3v) is 8.08. The molecular weight excluding hydrogens is 432 g/mol. The van der Waals surface area contributed by atoms with Crippen LogP contribution in [0.1, 0.15) is 11.0 Å². The lowest BCUT2D eigenvalue weighted by molar-refractivity contribution is -0.570. The summed E-state index contributed by atoms with van der Waals surface area (Å²) in [6.07, 6.45) is 3.18. The zero-order valence-electron chi connectivity index (χ0n) is 17.0. The van der Waals surface area contributed by atoms with Crippen molar-refractivity contribution in [3.8, 4) is 11.5 Å². The molecule has 1 atom stereocenters. The fourth-order valence-electron chi connectivity index (χ4n) is 4.29. The van der Waals surface area contributed by atoms with Crippen molar-refractivity contribution in [2.24, 2.45) is 0 Å². The highest BCUT2D eigenvalue weighted by atomic mass is 28.3. The maximum Gasteiger partial charge on any atom is 0.658 e. The van der Waals surface area contributed by atoms with E-state index in [4.69, 9.17) is 9.31 Å². The SMILES string of the molecule is C[Si](C)(C)[C@@H](c1c(F)c(F)c(F)c(F)c1F)[B-]1([n+]2ccccc2)Oc2ccccc2O1. The van der Waals surface area contributed by atoms with Crippen molar-refractivity contribution < 1.29 is 35.7 Å². The lowest BCUT2D eigenvalue weighted by Crippen LogP contribution is -2.77. The van der Waals surface area contributed by atoms with Crippen LogP contribution < -0.4 is 13.8 Å². The first-order valence-electron chi connectivity index (χ1n) is 9.67. The van der Waals surface area contributed by atoms with Gasteiger partial charge in [0.2, 0.25) is 5.82 Å². The lowest BCUT2D eigenvalue weighted by atomic mass is 9.63. The molecule has 0 saturated carbocycles. The summed E-state index contributed by atoms with van der Waals surface area (Å²) >= 11 is 0. The van der Waals surface area contributed by atoms with E-state index in [9.17, 15) is 13.2 Å². The maximum atomic E-state index is 15.0. The third-order valence-electron chi connectivity index (χ3n) is 5.50. The Morgan fingerprint density at radius 1 is 0.710 bits per heavy atom. The Kier molecular flexibility index (Phi) is 5.08. The molecule has 0 saturated heterocycles. The van der Waals surface area contributed by atoms with Crippen molar-refractivity contribution in [2.75, 3.05) is 0 Å². The van der Waals surface area contributed by atoms with E-state index in [1.165, 1.54) is 4.48 Å². The Morgan fingerprint density at radius 2 is 1.16 bits per heavy atom. The smallest absolute Gasteiger partial charge is 0.620 e. The zero-order chi connectivity index (χ0) is 22.6. The summed E-state index contributed by atoms with van der Waals surface area (Å²) < 4.78 is 86.2. The molecule has 0 radical (unpaired) electrons. The Morgan fingerprint density at radius 3 is 1.61 bits per heavy atom. The first-order valence-corrected chi connectivity index (χ1v) is 13.2. The molecule has 0 N–H and O–H groups in total. The van der Waals surface area contributed by atoms with Crippen LogP contribution in [0, 0.1) is 29.1 Å². The van der Waals surface area contributed by atoms with Crippen LogP contribution in [0.5, 0.6) is 11.5 Å². The number of halogens is 5. The van der Waals surface area contributed by atoms with Crippen molar-refractivity contribution in [1.82, 2.24) is 0 Å². The van der Waals surface area contributed by atoms with Crippen molar-refractivity contribution >= 4 is 14.8 Å². The fourth-order valence-corrected chi connectivity index (χ4v) is 6.98. The molecule has 0 amide bonds. The molecule has 1 aromatic heterocycles. The molecule has 0 unspecified atom stereocenters. The summed E-state index contributed by atoms with van der Waals surface area (Å²) in [7, 11) is -2.79. The molecule has 31 heavy (non-hydrogen) atoms. The van der Waals surface area contributed by atoms with E-state index in [2.05, 4.69) is 0 Å². The van der Waals surface area contributed by atoms with E-state index < -0.39 is 54.9 Å². The number of fused-ring (bicyclic) bond motifs is 1. The van der Waals surface area contributed by atoms with Gasteiger partial charge < -0.3 is 13.8 Å². The number of hydrogen-bond acceptors (Lipinski definition) is 2. The van der Waals surface area contributed by atoms with E-state index in [0.717, 1.165) is 0 Å². The average molecular weight is 451 g/mol. The molecule has 162 valence electrons. The minimum atomic E-state index is -2.80. The lowest BCUT2D eigenvalue weighted by Gasteiger charge is -2.42. The van der Waals surface area contributed by atoms with Crippen LogP contribution in [0.4, 0.5) is 22.0 Å². The number of nitrogens with zero attached hydrogens (tertiary/aromatic N) is 1. The summed E-state index contributed by atoms with van der Waals surface area (Å²) in [6.45, 7) is 2.49. The molecule has 2 heterocycles. The monoisotopic (exact) mass is 451 g/mol. The van der Waals surface area contributed by atoms with Crippen LogP contribution in [0.25, 0.3) is 0 Å². The van der Waals surface area contributed by atoms with E-state index in [0.29, 0.717) is 11.5 Å². The van der Waals surface area contributed by atoms with Gasteiger partial charge >= 0.3 is 6.69 Å². The second-order valence-electron chi connectivity index (χ2n) is 8.56. The molecule has 10 heteroatoms. The topological polar surface area (TPSA) is 22.3 Å². The predicted molar refractivity (Wildman–Crippen MR) is 108 cm³/mol. The molecule has 3 nitrogen and oxygen atoms in total. The van der Waals surface area contributed by atoms with Gasteiger partial charge in [-0.1, -0.05) is 37.8 Å². The van der Waals surface area contributed by atoms with Gasteiger partial charge in [0.25, 0.3) is 0 Å². The highest BCUT2D eigenvalue weighted by Crippen LogP contribution is 2.46. The van der Waals surface area contributed by atoms with E-state index in [1.807, 2.05) is 0 Å². The van der Waals surface area contributed by atoms with Crippen LogP contribution in [0.15, 0.2) is 54.9 Å². The number of para-hydroxylation sites is 2. The van der Waals surface area contributed by atoms with Gasteiger partial charge in [0.05, 0.1) is 0 Å². The highest BCUT2D eigenvalue weighted by molar-refractivity contribution is 6.90. The third kappa shape index (κ3) is 3.29. The Bertz CT molecular complexity index is 1100. The number of aromatic nitrogens is 1. The predicted octanol–water partition coefficient (Wildman–Crippen LogP) is 5.13. The maximum absolute atomic E-state index is 15.0. The largest absolute Gasteiger partial charge is 0.658 e. The minimum absolute atomic E-state index is 0.325. The van der Waals surface area contributed by atoms with Gasteiger partial charge in [0, 0.05) is 19.1 Å². The molecule has 1 aliphatic heterocycles. The summed E-state index contributed by atoms with van der Waals surface area (Å²) in [5.74, 6) is -9.27. The van der Waals surface area contributed by atoms with Crippen molar-refractivity contribution in [3.05, 3.63) is 89.5 Å². The van der Waals surface area contributed by atoms with E-state index >= 15 is 8.78 Å². The molecular formula is C21H19BF5NO2Si. The van der Waals surface area contributed by atoms with Gasteiger partial charge in [-0.3, -0.25) is 0 Å². The first kappa shape index (κ1) is 21.4. The second-order valence-corrected chi connectivity index (χ2v) is 13.9. The van der Waals surface area contributed by atoms with Crippen LogP contribution >= 0.6 is 0 Å². The van der Waals surface area contributed by atoms with Gasteiger partial charge in [-0.2, -0.15) is 0 Å². The molecule has 1 aliphatic rings. The fraction of sp³-hybridized carbons (Fsp3) is 0.190. The van der Waals surface area contributed by atoms with E-state index in [1.54, 1.807) is 74.5 Å². The summed E-state index contributed by atoms with van der Waals surface area (Å²) in [6, 6.07) is 11.7. The molecule has 2 aromatic carbocycles.